The zero-order valence-corrected chi connectivity index (χ0v) is 15.7. The first kappa shape index (κ1) is 18.5. The van der Waals surface area contributed by atoms with Gasteiger partial charge in [-0.15, -0.1) is 0 Å². The molecule has 1 aliphatic rings. The number of carbonyl (C=O) groups excluding carboxylic acids is 1. The van der Waals surface area contributed by atoms with Crippen molar-refractivity contribution in [2.75, 3.05) is 26.2 Å². The van der Waals surface area contributed by atoms with Crippen LogP contribution in [0.4, 0.5) is 0 Å². The smallest absolute Gasteiger partial charge is 0.258 e. The molecule has 1 fully saturated rings. The maximum Gasteiger partial charge on any atom is 0.258 e. The summed E-state index contributed by atoms with van der Waals surface area (Å²) in [5.41, 5.74) is 3.75. The lowest BCUT2D eigenvalue weighted by Crippen LogP contribution is -2.38. The predicted molar refractivity (Wildman–Crippen MR) is 104 cm³/mol. The van der Waals surface area contributed by atoms with Gasteiger partial charge >= 0.3 is 0 Å². The van der Waals surface area contributed by atoms with Crippen molar-refractivity contribution in [3.05, 3.63) is 65.2 Å². The number of aryl methyl sites for hydroxylation is 2. The molecule has 0 aliphatic carbocycles. The molecule has 2 aromatic carbocycles. The Hall–Kier alpha value is -2.33. The van der Waals surface area contributed by atoms with Crippen molar-refractivity contribution in [3.63, 3.8) is 0 Å². The molecule has 4 nitrogen and oxygen atoms in total. The van der Waals surface area contributed by atoms with E-state index in [4.69, 9.17) is 4.74 Å². The molecule has 1 amide bonds. The topological polar surface area (TPSA) is 41.6 Å². The highest BCUT2D eigenvalue weighted by Crippen LogP contribution is 2.26. The fraction of sp³-hybridized carbons (Fsp3) is 0.409. The average Bonchev–Trinajstić information content (AvgIpc) is 3.17. The quantitative estimate of drug-likeness (QED) is 0.827. The van der Waals surface area contributed by atoms with Gasteiger partial charge in [0.2, 0.25) is 0 Å². The van der Waals surface area contributed by atoms with Crippen LogP contribution in [-0.4, -0.2) is 37.0 Å². The summed E-state index contributed by atoms with van der Waals surface area (Å²) >= 11 is 0. The van der Waals surface area contributed by atoms with Crippen molar-refractivity contribution in [2.24, 2.45) is 0 Å². The van der Waals surface area contributed by atoms with Gasteiger partial charge in [0, 0.05) is 6.54 Å². The SMILES string of the molecule is Cc1ccc(OCC(=O)NCC(c2ccccc2C)N2CCCC2)cc1. The van der Waals surface area contributed by atoms with Crippen LogP contribution in [0.15, 0.2) is 48.5 Å². The number of nitrogens with zero attached hydrogens (tertiary/aromatic N) is 1. The van der Waals surface area contributed by atoms with Gasteiger partial charge in [0.25, 0.3) is 5.91 Å². The minimum Gasteiger partial charge on any atom is -0.484 e. The molecule has 0 spiro atoms. The molecule has 1 atom stereocenters. The Bertz CT molecular complexity index is 721. The van der Waals surface area contributed by atoms with E-state index in [1.807, 2.05) is 31.2 Å². The standard InChI is InChI=1S/C22H28N2O2/c1-17-9-11-19(12-10-17)26-16-22(25)23-15-21(24-13-5-6-14-24)20-8-4-3-7-18(20)2/h3-4,7-12,21H,5-6,13-16H2,1-2H3,(H,23,25). The molecule has 0 radical (unpaired) electrons. The molecule has 4 heteroatoms. The van der Waals surface area contributed by atoms with E-state index in [0.29, 0.717) is 6.54 Å². The highest BCUT2D eigenvalue weighted by Gasteiger charge is 2.24. The molecular weight excluding hydrogens is 324 g/mol. The Labute approximate surface area is 156 Å². The molecule has 0 aromatic heterocycles. The number of amides is 1. The van der Waals surface area contributed by atoms with Crippen molar-refractivity contribution in [2.45, 2.75) is 32.7 Å². The Morgan fingerprint density at radius 1 is 1.08 bits per heavy atom. The van der Waals surface area contributed by atoms with Gasteiger partial charge < -0.3 is 10.1 Å². The second kappa shape index (κ2) is 8.86. The molecule has 1 unspecified atom stereocenters. The first-order valence-electron chi connectivity index (χ1n) is 9.39. The maximum absolute atomic E-state index is 12.3. The normalized spacial score (nSPS) is 15.6. The summed E-state index contributed by atoms with van der Waals surface area (Å²) in [6.07, 6.45) is 2.46. The van der Waals surface area contributed by atoms with Gasteiger partial charge in [0.05, 0.1) is 6.04 Å². The third-order valence-electron chi connectivity index (χ3n) is 5.01. The van der Waals surface area contributed by atoms with Crippen molar-refractivity contribution in [1.29, 1.82) is 0 Å². The number of rotatable bonds is 7. The fourth-order valence-electron chi connectivity index (χ4n) is 3.49. The largest absolute Gasteiger partial charge is 0.484 e. The van der Waals surface area contributed by atoms with E-state index >= 15 is 0 Å². The molecule has 3 rings (SSSR count). The zero-order valence-electron chi connectivity index (χ0n) is 15.7. The second-order valence-electron chi connectivity index (χ2n) is 7.02. The van der Waals surface area contributed by atoms with Gasteiger partial charge in [-0.25, -0.2) is 0 Å². The molecule has 26 heavy (non-hydrogen) atoms. The lowest BCUT2D eigenvalue weighted by molar-refractivity contribution is -0.123. The van der Waals surface area contributed by atoms with Crippen molar-refractivity contribution >= 4 is 5.91 Å². The van der Waals surface area contributed by atoms with Crippen LogP contribution in [0.1, 0.15) is 35.6 Å². The number of likely N-dealkylation sites (tertiary alicyclic amines) is 1. The van der Waals surface area contributed by atoms with E-state index in [1.54, 1.807) is 0 Å². The van der Waals surface area contributed by atoms with Crippen LogP contribution < -0.4 is 10.1 Å². The summed E-state index contributed by atoms with van der Waals surface area (Å²) in [5, 5.41) is 3.06. The summed E-state index contributed by atoms with van der Waals surface area (Å²) in [6.45, 7) is 7.01. The minimum atomic E-state index is -0.0802. The number of carbonyl (C=O) groups is 1. The van der Waals surface area contributed by atoms with E-state index in [0.717, 1.165) is 18.8 Å². The van der Waals surface area contributed by atoms with Crippen molar-refractivity contribution < 1.29 is 9.53 Å². The Morgan fingerprint density at radius 3 is 2.46 bits per heavy atom. The summed E-state index contributed by atoms with van der Waals surface area (Å²) in [6, 6.07) is 16.4. The summed E-state index contributed by atoms with van der Waals surface area (Å²) < 4.78 is 5.58. The Kier molecular flexibility index (Phi) is 6.29. The third kappa shape index (κ3) is 4.85. The summed E-state index contributed by atoms with van der Waals surface area (Å²) in [7, 11) is 0. The van der Waals surface area contributed by atoms with Crippen LogP contribution >= 0.6 is 0 Å². The number of hydrogen-bond donors (Lipinski definition) is 1. The number of nitrogens with one attached hydrogen (secondary N) is 1. The van der Waals surface area contributed by atoms with E-state index in [1.165, 1.54) is 29.5 Å². The number of benzene rings is 2. The molecule has 0 saturated carbocycles. The van der Waals surface area contributed by atoms with Crippen LogP contribution in [-0.2, 0) is 4.79 Å². The van der Waals surface area contributed by atoms with E-state index < -0.39 is 0 Å². The maximum atomic E-state index is 12.3. The number of hydrogen-bond acceptors (Lipinski definition) is 3. The molecule has 1 saturated heterocycles. The van der Waals surface area contributed by atoms with Gasteiger partial charge in [0.1, 0.15) is 5.75 Å². The minimum absolute atomic E-state index is 0.0452. The lowest BCUT2D eigenvalue weighted by atomic mass is 10.00. The fourth-order valence-corrected chi connectivity index (χ4v) is 3.49. The molecule has 1 aliphatic heterocycles. The first-order valence-corrected chi connectivity index (χ1v) is 9.39. The highest BCUT2D eigenvalue weighted by molar-refractivity contribution is 5.77. The van der Waals surface area contributed by atoms with Crippen LogP contribution in [0.3, 0.4) is 0 Å². The molecule has 1 heterocycles. The van der Waals surface area contributed by atoms with Crippen molar-refractivity contribution in [1.82, 2.24) is 10.2 Å². The predicted octanol–water partition coefficient (Wildman–Crippen LogP) is 3.64. The molecular formula is C22H28N2O2. The van der Waals surface area contributed by atoms with Gasteiger partial charge in [-0.05, 0) is 63.0 Å². The third-order valence-corrected chi connectivity index (χ3v) is 5.01. The number of ether oxygens (including phenoxy) is 1. The van der Waals surface area contributed by atoms with E-state index in [2.05, 4.69) is 41.4 Å². The van der Waals surface area contributed by atoms with Crippen LogP contribution in [0, 0.1) is 13.8 Å². The van der Waals surface area contributed by atoms with Crippen LogP contribution in [0.25, 0.3) is 0 Å². The summed E-state index contributed by atoms with van der Waals surface area (Å²) in [4.78, 5) is 14.7. The van der Waals surface area contributed by atoms with Gasteiger partial charge in [0.15, 0.2) is 6.61 Å². The Balaban J connectivity index is 1.57. The Morgan fingerprint density at radius 2 is 1.77 bits per heavy atom. The first-order chi connectivity index (χ1) is 12.6. The van der Waals surface area contributed by atoms with Crippen LogP contribution in [0.2, 0.25) is 0 Å². The lowest BCUT2D eigenvalue weighted by Gasteiger charge is -2.29. The highest BCUT2D eigenvalue weighted by atomic mass is 16.5. The van der Waals surface area contributed by atoms with Crippen LogP contribution in [0.5, 0.6) is 5.75 Å². The zero-order chi connectivity index (χ0) is 18.4. The molecule has 2 aromatic rings. The molecule has 0 bridgehead atoms. The molecule has 138 valence electrons. The monoisotopic (exact) mass is 352 g/mol. The second-order valence-corrected chi connectivity index (χ2v) is 7.02. The molecule has 1 N–H and O–H groups in total. The van der Waals surface area contributed by atoms with Crippen molar-refractivity contribution in [3.8, 4) is 5.75 Å². The van der Waals surface area contributed by atoms with E-state index in [-0.39, 0.29) is 18.6 Å². The summed E-state index contributed by atoms with van der Waals surface area (Å²) in [5.74, 6) is 0.643. The average molecular weight is 352 g/mol. The van der Waals surface area contributed by atoms with Gasteiger partial charge in [-0.1, -0.05) is 42.0 Å². The van der Waals surface area contributed by atoms with Gasteiger partial charge in [-0.2, -0.15) is 0 Å². The van der Waals surface area contributed by atoms with Gasteiger partial charge in [-0.3, -0.25) is 9.69 Å². The van der Waals surface area contributed by atoms with E-state index in [9.17, 15) is 4.79 Å².